The molecule has 0 saturated heterocycles. The molecule has 2 aromatic heterocycles. The predicted molar refractivity (Wildman–Crippen MR) is 97.8 cm³/mol. The molecule has 0 bridgehead atoms. The van der Waals surface area contributed by atoms with Gasteiger partial charge in [-0.05, 0) is 45.9 Å². The van der Waals surface area contributed by atoms with Crippen molar-refractivity contribution in [1.82, 2.24) is 29.5 Å². The van der Waals surface area contributed by atoms with Gasteiger partial charge in [0.05, 0.1) is 11.4 Å². The van der Waals surface area contributed by atoms with Crippen molar-refractivity contribution in [3.05, 3.63) is 60.7 Å². The molecule has 2 aromatic carbocycles. The first-order valence-electron chi connectivity index (χ1n) is 7.48. The monoisotopic (exact) mass is 384 g/mol. The fourth-order valence-electron chi connectivity index (χ4n) is 2.23. The molecule has 2 N–H and O–H groups in total. The SMILES string of the molecule is Oc1nc(SSc2nc(O)nn2-c2ccccc2)n(-c2ccccc2)n1. The van der Waals surface area contributed by atoms with E-state index in [-0.39, 0.29) is 12.0 Å². The summed E-state index contributed by atoms with van der Waals surface area (Å²) >= 11 is 0. The lowest BCUT2D eigenvalue weighted by Gasteiger charge is -2.05. The van der Waals surface area contributed by atoms with E-state index < -0.39 is 0 Å². The van der Waals surface area contributed by atoms with Gasteiger partial charge in [-0.2, -0.15) is 9.97 Å². The van der Waals surface area contributed by atoms with Gasteiger partial charge in [0, 0.05) is 0 Å². The molecule has 130 valence electrons. The second kappa shape index (κ2) is 7.10. The van der Waals surface area contributed by atoms with Crippen LogP contribution >= 0.6 is 21.6 Å². The van der Waals surface area contributed by atoms with E-state index in [0.29, 0.717) is 10.3 Å². The molecule has 0 saturated carbocycles. The molecule has 0 fully saturated rings. The van der Waals surface area contributed by atoms with Gasteiger partial charge in [0.25, 0.3) is 0 Å². The summed E-state index contributed by atoms with van der Waals surface area (Å²) in [4.78, 5) is 8.08. The van der Waals surface area contributed by atoms with Crippen molar-refractivity contribution in [2.75, 3.05) is 0 Å². The highest BCUT2D eigenvalue weighted by atomic mass is 33.1. The molecule has 0 aliphatic rings. The quantitative estimate of drug-likeness (QED) is 0.506. The highest BCUT2D eigenvalue weighted by molar-refractivity contribution is 8.76. The van der Waals surface area contributed by atoms with Crippen LogP contribution in [0.1, 0.15) is 0 Å². The Labute approximate surface area is 155 Å². The number of hydrogen-bond acceptors (Lipinski definition) is 8. The third-order valence-corrected chi connectivity index (χ3v) is 5.38. The Morgan fingerprint density at radius 1 is 0.615 bits per heavy atom. The number of aromatic nitrogens is 6. The van der Waals surface area contributed by atoms with Crippen molar-refractivity contribution < 1.29 is 10.2 Å². The Balaban J connectivity index is 1.62. The van der Waals surface area contributed by atoms with E-state index >= 15 is 0 Å². The standard InChI is InChI=1S/C16H12N6O2S2/c23-13-17-15(21(19-13)11-7-3-1-4-8-11)25-26-16-18-14(24)20-22(16)12-9-5-2-6-10-12/h1-10H,(H,19,23)(H,20,24). The highest BCUT2D eigenvalue weighted by Crippen LogP contribution is 2.38. The van der Waals surface area contributed by atoms with E-state index in [1.807, 2.05) is 60.7 Å². The second-order valence-corrected chi connectivity index (χ2v) is 7.11. The van der Waals surface area contributed by atoms with Gasteiger partial charge in [0.1, 0.15) is 0 Å². The van der Waals surface area contributed by atoms with Crippen LogP contribution in [0.3, 0.4) is 0 Å². The number of hydrogen-bond donors (Lipinski definition) is 2. The predicted octanol–water partition coefficient (Wildman–Crippen LogP) is 3.06. The van der Waals surface area contributed by atoms with Gasteiger partial charge in [0.2, 0.25) is 10.3 Å². The Bertz CT molecular complexity index is 936. The van der Waals surface area contributed by atoms with Crippen LogP contribution < -0.4 is 0 Å². The lowest BCUT2D eigenvalue weighted by atomic mass is 10.3. The van der Waals surface area contributed by atoms with Gasteiger partial charge in [-0.15, -0.1) is 10.2 Å². The van der Waals surface area contributed by atoms with E-state index in [4.69, 9.17) is 0 Å². The summed E-state index contributed by atoms with van der Waals surface area (Å²) in [6.07, 6.45) is 0. The van der Waals surface area contributed by atoms with Gasteiger partial charge in [0.15, 0.2) is 0 Å². The molecule has 4 rings (SSSR count). The van der Waals surface area contributed by atoms with E-state index in [1.165, 1.54) is 31.0 Å². The second-order valence-electron chi connectivity index (χ2n) is 5.05. The largest absolute Gasteiger partial charge is 0.478 e. The van der Waals surface area contributed by atoms with Crippen molar-refractivity contribution in [2.45, 2.75) is 10.3 Å². The van der Waals surface area contributed by atoms with Crippen LogP contribution in [0, 0.1) is 0 Å². The van der Waals surface area contributed by atoms with Gasteiger partial charge < -0.3 is 10.2 Å². The molecular formula is C16H12N6O2S2. The number of rotatable bonds is 5. The minimum Gasteiger partial charge on any atom is -0.478 e. The molecule has 0 atom stereocenters. The van der Waals surface area contributed by atoms with Gasteiger partial charge in [-0.25, -0.2) is 9.36 Å². The number of para-hydroxylation sites is 2. The fraction of sp³-hybridized carbons (Fsp3) is 0. The molecular weight excluding hydrogens is 372 g/mol. The highest BCUT2D eigenvalue weighted by Gasteiger charge is 2.17. The Morgan fingerprint density at radius 3 is 1.38 bits per heavy atom. The molecule has 0 spiro atoms. The summed E-state index contributed by atoms with van der Waals surface area (Å²) in [6, 6.07) is 18.1. The Hall–Kier alpha value is -2.98. The number of nitrogens with zero attached hydrogens (tertiary/aromatic N) is 6. The zero-order chi connectivity index (χ0) is 17.9. The number of benzene rings is 2. The van der Waals surface area contributed by atoms with Crippen molar-refractivity contribution in [3.63, 3.8) is 0 Å². The van der Waals surface area contributed by atoms with Crippen LogP contribution in [-0.2, 0) is 0 Å². The zero-order valence-corrected chi connectivity index (χ0v) is 14.8. The molecule has 2 heterocycles. The minimum absolute atomic E-state index is 0.315. The topological polar surface area (TPSA) is 102 Å². The first kappa shape index (κ1) is 16.5. The zero-order valence-electron chi connectivity index (χ0n) is 13.2. The van der Waals surface area contributed by atoms with Crippen molar-refractivity contribution in [3.8, 4) is 23.4 Å². The summed E-state index contributed by atoms with van der Waals surface area (Å²) in [7, 11) is 2.50. The first-order valence-corrected chi connectivity index (χ1v) is 9.63. The van der Waals surface area contributed by atoms with Gasteiger partial charge in [-0.3, -0.25) is 0 Å². The van der Waals surface area contributed by atoms with Crippen molar-refractivity contribution in [1.29, 1.82) is 0 Å². The smallest absolute Gasteiger partial charge is 0.334 e. The van der Waals surface area contributed by atoms with Crippen LogP contribution in [0.5, 0.6) is 12.0 Å². The summed E-state index contributed by atoms with van der Waals surface area (Å²) in [6.45, 7) is 0. The minimum atomic E-state index is -0.315. The summed E-state index contributed by atoms with van der Waals surface area (Å²) in [5.41, 5.74) is 1.55. The molecule has 4 aromatic rings. The summed E-state index contributed by atoms with van der Waals surface area (Å²) in [5, 5.41) is 28.4. The molecule has 26 heavy (non-hydrogen) atoms. The average Bonchev–Trinajstić information content (AvgIpc) is 3.23. The van der Waals surface area contributed by atoms with Crippen LogP contribution in [0.4, 0.5) is 0 Å². The Morgan fingerprint density at radius 2 is 1.00 bits per heavy atom. The fourth-order valence-corrected chi connectivity index (χ4v) is 4.15. The van der Waals surface area contributed by atoms with Crippen molar-refractivity contribution >= 4 is 21.6 Å². The third-order valence-electron chi connectivity index (χ3n) is 3.32. The molecule has 0 radical (unpaired) electrons. The molecule has 0 amide bonds. The maximum absolute atomic E-state index is 9.69. The molecule has 0 unspecified atom stereocenters. The van der Waals surface area contributed by atoms with Gasteiger partial charge >= 0.3 is 12.0 Å². The normalized spacial score (nSPS) is 10.9. The van der Waals surface area contributed by atoms with Crippen LogP contribution in [-0.4, -0.2) is 39.7 Å². The first-order chi connectivity index (χ1) is 12.7. The van der Waals surface area contributed by atoms with Crippen LogP contribution in [0.2, 0.25) is 0 Å². The van der Waals surface area contributed by atoms with Gasteiger partial charge in [-0.1, -0.05) is 36.4 Å². The summed E-state index contributed by atoms with van der Waals surface area (Å²) < 4.78 is 3.08. The van der Waals surface area contributed by atoms with E-state index in [1.54, 1.807) is 0 Å². The molecule has 0 aliphatic heterocycles. The molecule has 10 heteroatoms. The van der Waals surface area contributed by atoms with E-state index in [0.717, 1.165) is 11.4 Å². The molecule has 0 aliphatic carbocycles. The maximum Gasteiger partial charge on any atom is 0.334 e. The van der Waals surface area contributed by atoms with Crippen LogP contribution in [0.25, 0.3) is 11.4 Å². The van der Waals surface area contributed by atoms with Crippen molar-refractivity contribution in [2.24, 2.45) is 0 Å². The van der Waals surface area contributed by atoms with E-state index in [9.17, 15) is 10.2 Å². The van der Waals surface area contributed by atoms with E-state index in [2.05, 4.69) is 20.2 Å². The van der Waals surface area contributed by atoms with Crippen LogP contribution in [0.15, 0.2) is 71.0 Å². The Kier molecular flexibility index (Phi) is 4.50. The average molecular weight is 384 g/mol. The lowest BCUT2D eigenvalue weighted by Crippen LogP contribution is -1.99. The number of aromatic hydroxyl groups is 2. The lowest BCUT2D eigenvalue weighted by molar-refractivity contribution is 0.429. The third kappa shape index (κ3) is 3.37. The molecule has 8 nitrogen and oxygen atoms in total. The summed E-state index contributed by atoms with van der Waals surface area (Å²) in [5.74, 6) is 0. The maximum atomic E-state index is 9.69.